The molecule has 2 N–H and O–H groups in total. The van der Waals surface area contributed by atoms with Crippen LogP contribution in [0.5, 0.6) is 0 Å². The molecule has 1 atom stereocenters. The van der Waals surface area contributed by atoms with Crippen molar-refractivity contribution in [2.24, 2.45) is 5.92 Å². The van der Waals surface area contributed by atoms with Gasteiger partial charge in [0.05, 0.1) is 6.04 Å². The van der Waals surface area contributed by atoms with E-state index in [0.29, 0.717) is 5.92 Å². The van der Waals surface area contributed by atoms with Crippen LogP contribution in [-0.4, -0.2) is 20.2 Å². The Morgan fingerprint density at radius 1 is 1.28 bits per heavy atom. The maximum Gasteiger partial charge on any atom is 0.182 e. The molecular weight excluding hydrogens is 226 g/mol. The van der Waals surface area contributed by atoms with Gasteiger partial charge in [0.2, 0.25) is 0 Å². The summed E-state index contributed by atoms with van der Waals surface area (Å²) in [4.78, 5) is 0. The molecule has 0 aliphatic rings. The van der Waals surface area contributed by atoms with Crippen LogP contribution in [-0.2, 0) is 0 Å². The van der Waals surface area contributed by atoms with Gasteiger partial charge in [0, 0.05) is 11.3 Å². The van der Waals surface area contributed by atoms with Gasteiger partial charge < -0.3 is 5.73 Å². The highest BCUT2D eigenvalue weighted by Crippen LogP contribution is 2.23. The summed E-state index contributed by atoms with van der Waals surface area (Å²) in [7, 11) is 0. The summed E-state index contributed by atoms with van der Waals surface area (Å²) in [6.07, 6.45) is 1.04. The van der Waals surface area contributed by atoms with Crippen LogP contribution in [0, 0.1) is 5.92 Å². The number of nitrogens with two attached hydrogens (primary N) is 1. The largest absolute Gasteiger partial charge is 0.399 e. The SMILES string of the molecule is CC(C)CC(C)n1nnnc1-c1cccc(N)c1. The van der Waals surface area contributed by atoms with Gasteiger partial charge in [-0.15, -0.1) is 5.10 Å². The molecule has 2 aromatic rings. The predicted molar refractivity (Wildman–Crippen MR) is 71.8 cm³/mol. The van der Waals surface area contributed by atoms with E-state index in [0.717, 1.165) is 23.5 Å². The lowest BCUT2D eigenvalue weighted by Gasteiger charge is -2.15. The van der Waals surface area contributed by atoms with E-state index in [-0.39, 0.29) is 6.04 Å². The molecule has 1 aromatic carbocycles. The average molecular weight is 245 g/mol. The van der Waals surface area contributed by atoms with Crippen molar-refractivity contribution >= 4 is 5.69 Å². The summed E-state index contributed by atoms with van der Waals surface area (Å²) in [5.74, 6) is 1.38. The van der Waals surface area contributed by atoms with Gasteiger partial charge in [0.25, 0.3) is 0 Å². The maximum atomic E-state index is 5.79. The summed E-state index contributed by atoms with van der Waals surface area (Å²) in [5, 5.41) is 12.0. The number of hydrogen-bond acceptors (Lipinski definition) is 4. The van der Waals surface area contributed by atoms with Gasteiger partial charge in [-0.25, -0.2) is 4.68 Å². The zero-order valence-corrected chi connectivity index (χ0v) is 11.0. The third-order valence-corrected chi connectivity index (χ3v) is 2.87. The van der Waals surface area contributed by atoms with Gasteiger partial charge in [-0.05, 0) is 41.8 Å². The molecule has 0 bridgehead atoms. The first-order chi connectivity index (χ1) is 8.58. The number of hydrogen-bond donors (Lipinski definition) is 1. The summed E-state index contributed by atoms with van der Waals surface area (Å²) >= 11 is 0. The monoisotopic (exact) mass is 245 g/mol. The van der Waals surface area contributed by atoms with Gasteiger partial charge in [-0.2, -0.15) is 0 Å². The van der Waals surface area contributed by atoms with Crippen molar-refractivity contribution in [2.45, 2.75) is 33.2 Å². The second kappa shape index (κ2) is 5.16. The van der Waals surface area contributed by atoms with Gasteiger partial charge in [-0.3, -0.25) is 0 Å². The second-order valence-electron chi connectivity index (χ2n) is 5.05. The van der Waals surface area contributed by atoms with E-state index in [1.54, 1.807) is 0 Å². The van der Waals surface area contributed by atoms with Crippen LogP contribution in [0.25, 0.3) is 11.4 Å². The Kier molecular flexibility index (Phi) is 3.60. The smallest absolute Gasteiger partial charge is 0.182 e. The Balaban J connectivity index is 2.33. The molecular formula is C13H19N5. The molecule has 1 unspecified atom stereocenters. The van der Waals surface area contributed by atoms with Crippen molar-refractivity contribution in [2.75, 3.05) is 5.73 Å². The first-order valence-corrected chi connectivity index (χ1v) is 6.21. The van der Waals surface area contributed by atoms with E-state index in [4.69, 9.17) is 5.73 Å². The van der Waals surface area contributed by atoms with Crippen molar-refractivity contribution in [1.29, 1.82) is 0 Å². The van der Waals surface area contributed by atoms with Crippen LogP contribution in [0.3, 0.4) is 0 Å². The quantitative estimate of drug-likeness (QED) is 0.840. The lowest BCUT2D eigenvalue weighted by Crippen LogP contribution is -2.11. The summed E-state index contributed by atoms with van der Waals surface area (Å²) < 4.78 is 1.87. The molecule has 0 amide bonds. The predicted octanol–water partition coefficient (Wildman–Crippen LogP) is 2.53. The van der Waals surface area contributed by atoms with E-state index < -0.39 is 0 Å². The molecule has 1 heterocycles. The Morgan fingerprint density at radius 3 is 2.72 bits per heavy atom. The van der Waals surface area contributed by atoms with Crippen LogP contribution >= 0.6 is 0 Å². The standard InChI is InChI=1S/C13H19N5/c1-9(2)7-10(3)18-13(15-16-17-18)11-5-4-6-12(14)8-11/h4-6,8-10H,7,14H2,1-3H3. The van der Waals surface area contributed by atoms with Gasteiger partial charge >= 0.3 is 0 Å². The lowest BCUT2D eigenvalue weighted by molar-refractivity contribution is 0.394. The molecule has 0 saturated heterocycles. The Hall–Kier alpha value is -1.91. The minimum atomic E-state index is 0.274. The number of tetrazole rings is 1. The van der Waals surface area contributed by atoms with Crippen molar-refractivity contribution in [1.82, 2.24) is 20.2 Å². The summed E-state index contributed by atoms with van der Waals surface area (Å²) in [6, 6.07) is 7.91. The van der Waals surface area contributed by atoms with Gasteiger partial charge in [0.1, 0.15) is 0 Å². The third kappa shape index (κ3) is 2.67. The number of nitrogen functional groups attached to an aromatic ring is 1. The first kappa shape index (κ1) is 12.5. The molecule has 0 spiro atoms. The van der Waals surface area contributed by atoms with Crippen molar-refractivity contribution in [3.63, 3.8) is 0 Å². The molecule has 0 aliphatic heterocycles. The fourth-order valence-corrected chi connectivity index (χ4v) is 2.14. The first-order valence-electron chi connectivity index (χ1n) is 6.21. The molecule has 2 rings (SSSR count). The number of anilines is 1. The molecule has 0 aliphatic carbocycles. The minimum Gasteiger partial charge on any atom is -0.399 e. The third-order valence-electron chi connectivity index (χ3n) is 2.87. The Bertz CT molecular complexity index is 518. The Morgan fingerprint density at radius 2 is 2.06 bits per heavy atom. The molecule has 0 saturated carbocycles. The van der Waals surface area contributed by atoms with E-state index >= 15 is 0 Å². The summed E-state index contributed by atoms with van der Waals surface area (Å²) in [6.45, 7) is 6.52. The van der Waals surface area contributed by atoms with Crippen LogP contribution in [0.15, 0.2) is 24.3 Å². The topological polar surface area (TPSA) is 69.6 Å². The van der Waals surface area contributed by atoms with Crippen LogP contribution in [0.1, 0.15) is 33.2 Å². The zero-order chi connectivity index (χ0) is 13.1. The highest BCUT2D eigenvalue weighted by atomic mass is 15.5. The molecule has 1 aromatic heterocycles. The highest BCUT2D eigenvalue weighted by molar-refractivity contribution is 5.60. The van der Waals surface area contributed by atoms with Crippen molar-refractivity contribution < 1.29 is 0 Å². The molecule has 18 heavy (non-hydrogen) atoms. The van der Waals surface area contributed by atoms with E-state index in [9.17, 15) is 0 Å². The van der Waals surface area contributed by atoms with Crippen LogP contribution in [0.4, 0.5) is 5.69 Å². The van der Waals surface area contributed by atoms with Gasteiger partial charge in [-0.1, -0.05) is 26.0 Å². The number of benzene rings is 1. The van der Waals surface area contributed by atoms with E-state index in [2.05, 4.69) is 36.3 Å². The normalized spacial score (nSPS) is 12.9. The van der Waals surface area contributed by atoms with E-state index in [1.807, 2.05) is 28.9 Å². The number of aromatic nitrogens is 4. The minimum absolute atomic E-state index is 0.274. The van der Waals surface area contributed by atoms with E-state index in [1.165, 1.54) is 0 Å². The average Bonchev–Trinajstić information content (AvgIpc) is 2.76. The fraction of sp³-hybridized carbons (Fsp3) is 0.462. The second-order valence-corrected chi connectivity index (χ2v) is 5.05. The van der Waals surface area contributed by atoms with Gasteiger partial charge in [0.15, 0.2) is 5.82 Å². The Labute approximate surface area is 107 Å². The zero-order valence-electron chi connectivity index (χ0n) is 11.0. The number of rotatable bonds is 4. The molecule has 5 nitrogen and oxygen atoms in total. The summed E-state index contributed by atoms with van der Waals surface area (Å²) in [5.41, 5.74) is 7.47. The maximum absolute atomic E-state index is 5.79. The molecule has 96 valence electrons. The highest BCUT2D eigenvalue weighted by Gasteiger charge is 2.15. The van der Waals surface area contributed by atoms with Crippen LogP contribution < -0.4 is 5.73 Å². The molecule has 0 radical (unpaired) electrons. The van der Waals surface area contributed by atoms with Crippen molar-refractivity contribution in [3.05, 3.63) is 24.3 Å². The van der Waals surface area contributed by atoms with Crippen LogP contribution in [0.2, 0.25) is 0 Å². The fourth-order valence-electron chi connectivity index (χ4n) is 2.14. The number of nitrogens with zero attached hydrogens (tertiary/aromatic N) is 4. The molecule has 0 fully saturated rings. The lowest BCUT2D eigenvalue weighted by atomic mass is 10.1. The van der Waals surface area contributed by atoms with Crippen molar-refractivity contribution in [3.8, 4) is 11.4 Å². The molecule has 5 heteroatoms.